The van der Waals surface area contributed by atoms with E-state index in [1.165, 1.54) is 0 Å². The van der Waals surface area contributed by atoms with Crippen molar-refractivity contribution in [1.29, 1.82) is 0 Å². The molecule has 1 fully saturated rings. The van der Waals surface area contributed by atoms with Crippen LogP contribution >= 0.6 is 11.6 Å². The number of carbonyl (C=O) groups excluding carboxylic acids is 1. The van der Waals surface area contributed by atoms with Gasteiger partial charge in [0.05, 0.1) is 5.92 Å². The van der Waals surface area contributed by atoms with Crippen LogP contribution in [0.4, 0.5) is 13.2 Å². The molecule has 6 heteroatoms. The molecule has 0 heterocycles. The maximum atomic E-state index is 12.6. The first-order valence-corrected chi connectivity index (χ1v) is 7.70. The average Bonchev–Trinajstić information content (AvgIpc) is 2.38. The molecule has 1 atom stereocenters. The molecule has 0 saturated heterocycles. The Bertz CT molecular complexity index is 327. The van der Waals surface area contributed by atoms with Gasteiger partial charge in [0, 0.05) is 17.3 Å². The maximum Gasteiger partial charge on any atom is 0.391 e. The van der Waals surface area contributed by atoms with Crippen LogP contribution in [0, 0.1) is 11.8 Å². The van der Waals surface area contributed by atoms with E-state index >= 15 is 0 Å². The SMILES string of the molecule is CCC(C)(CCCl)NC(=O)C1CCC(C(F)(F)F)CC1. The summed E-state index contributed by atoms with van der Waals surface area (Å²) in [7, 11) is 0. The van der Waals surface area contributed by atoms with Gasteiger partial charge in [0.1, 0.15) is 0 Å². The lowest BCUT2D eigenvalue weighted by Crippen LogP contribution is -2.49. The van der Waals surface area contributed by atoms with E-state index in [-0.39, 0.29) is 30.2 Å². The minimum Gasteiger partial charge on any atom is -0.351 e. The number of nitrogens with one attached hydrogen (secondary N) is 1. The van der Waals surface area contributed by atoms with Gasteiger partial charge in [0.25, 0.3) is 0 Å². The van der Waals surface area contributed by atoms with Crippen molar-refractivity contribution in [3.05, 3.63) is 0 Å². The molecule has 20 heavy (non-hydrogen) atoms. The summed E-state index contributed by atoms with van der Waals surface area (Å²) in [5.74, 6) is -1.22. The smallest absolute Gasteiger partial charge is 0.351 e. The van der Waals surface area contributed by atoms with E-state index in [2.05, 4.69) is 5.32 Å². The molecule has 0 bridgehead atoms. The molecule has 1 saturated carbocycles. The molecule has 1 rings (SSSR count). The second-order valence-electron chi connectivity index (χ2n) is 5.93. The largest absolute Gasteiger partial charge is 0.391 e. The predicted octanol–water partition coefficient (Wildman–Crippen LogP) is 4.27. The van der Waals surface area contributed by atoms with E-state index in [1.54, 1.807) is 0 Å². The molecule has 118 valence electrons. The van der Waals surface area contributed by atoms with Gasteiger partial charge < -0.3 is 5.32 Å². The van der Waals surface area contributed by atoms with Gasteiger partial charge in [-0.15, -0.1) is 11.6 Å². The van der Waals surface area contributed by atoms with Gasteiger partial charge in [-0.2, -0.15) is 13.2 Å². The molecule has 0 spiro atoms. The van der Waals surface area contributed by atoms with Crippen molar-refractivity contribution in [1.82, 2.24) is 5.32 Å². The monoisotopic (exact) mass is 313 g/mol. The molecule has 0 aromatic rings. The molecule has 1 aliphatic carbocycles. The molecular formula is C14H23ClF3NO. The fourth-order valence-electron chi connectivity index (χ4n) is 2.62. The van der Waals surface area contributed by atoms with Crippen molar-refractivity contribution in [2.75, 3.05) is 5.88 Å². The summed E-state index contributed by atoms with van der Waals surface area (Å²) in [6.07, 6.45) is -1.97. The molecule has 1 aliphatic rings. The van der Waals surface area contributed by atoms with Crippen LogP contribution in [0.15, 0.2) is 0 Å². The third-order valence-electron chi connectivity index (χ3n) is 4.41. The molecule has 0 aliphatic heterocycles. The Morgan fingerprint density at radius 3 is 2.20 bits per heavy atom. The Morgan fingerprint density at radius 2 is 1.80 bits per heavy atom. The number of halogens is 4. The Kier molecular flexibility index (Phi) is 6.17. The average molecular weight is 314 g/mol. The van der Waals surface area contributed by atoms with Crippen LogP contribution in [0.2, 0.25) is 0 Å². The number of amides is 1. The van der Waals surface area contributed by atoms with Gasteiger partial charge in [-0.05, 0) is 45.4 Å². The predicted molar refractivity (Wildman–Crippen MR) is 73.7 cm³/mol. The summed E-state index contributed by atoms with van der Waals surface area (Å²) in [5, 5.41) is 2.96. The number of alkyl halides is 4. The number of rotatable bonds is 5. The van der Waals surface area contributed by atoms with E-state index < -0.39 is 12.1 Å². The van der Waals surface area contributed by atoms with Crippen molar-refractivity contribution in [3.63, 3.8) is 0 Å². The molecule has 1 amide bonds. The highest BCUT2D eigenvalue weighted by molar-refractivity contribution is 6.17. The van der Waals surface area contributed by atoms with Crippen LogP contribution in [-0.2, 0) is 4.79 Å². The summed E-state index contributed by atoms with van der Waals surface area (Å²) >= 11 is 5.73. The zero-order valence-corrected chi connectivity index (χ0v) is 12.8. The van der Waals surface area contributed by atoms with Crippen molar-refractivity contribution in [3.8, 4) is 0 Å². The normalized spacial score (nSPS) is 26.9. The van der Waals surface area contributed by atoms with Crippen molar-refractivity contribution in [2.24, 2.45) is 11.8 Å². The summed E-state index contributed by atoms with van der Waals surface area (Å²) in [6.45, 7) is 3.89. The van der Waals surface area contributed by atoms with E-state index in [1.807, 2.05) is 13.8 Å². The zero-order valence-electron chi connectivity index (χ0n) is 12.0. The van der Waals surface area contributed by atoms with Gasteiger partial charge in [-0.1, -0.05) is 6.92 Å². The first kappa shape index (κ1) is 17.6. The van der Waals surface area contributed by atoms with E-state index in [9.17, 15) is 18.0 Å². The van der Waals surface area contributed by atoms with Crippen LogP contribution in [0.5, 0.6) is 0 Å². The Balaban J connectivity index is 2.51. The van der Waals surface area contributed by atoms with Crippen LogP contribution in [0.1, 0.15) is 52.4 Å². The van der Waals surface area contributed by atoms with Crippen molar-refractivity contribution >= 4 is 17.5 Å². The van der Waals surface area contributed by atoms with E-state index in [4.69, 9.17) is 11.6 Å². The van der Waals surface area contributed by atoms with E-state index in [0.29, 0.717) is 25.1 Å². The zero-order chi connectivity index (χ0) is 15.4. The van der Waals surface area contributed by atoms with Crippen LogP contribution in [0.3, 0.4) is 0 Å². The lowest BCUT2D eigenvalue weighted by atomic mass is 9.80. The van der Waals surface area contributed by atoms with Gasteiger partial charge in [-0.25, -0.2) is 0 Å². The highest BCUT2D eigenvalue weighted by Gasteiger charge is 2.42. The first-order chi connectivity index (χ1) is 9.22. The molecule has 0 aromatic heterocycles. The quantitative estimate of drug-likeness (QED) is 0.755. The van der Waals surface area contributed by atoms with Gasteiger partial charge in [0.2, 0.25) is 5.91 Å². The summed E-state index contributed by atoms with van der Waals surface area (Å²) < 4.78 is 37.7. The Hall–Kier alpha value is -0.450. The summed E-state index contributed by atoms with van der Waals surface area (Å²) in [6, 6.07) is 0. The van der Waals surface area contributed by atoms with Crippen LogP contribution < -0.4 is 5.32 Å². The van der Waals surface area contributed by atoms with Crippen molar-refractivity contribution in [2.45, 2.75) is 64.1 Å². The second-order valence-corrected chi connectivity index (χ2v) is 6.31. The van der Waals surface area contributed by atoms with E-state index in [0.717, 1.165) is 6.42 Å². The summed E-state index contributed by atoms with van der Waals surface area (Å²) in [5.41, 5.74) is -0.361. The van der Waals surface area contributed by atoms with Gasteiger partial charge in [0.15, 0.2) is 0 Å². The van der Waals surface area contributed by atoms with Gasteiger partial charge >= 0.3 is 6.18 Å². The fraction of sp³-hybridized carbons (Fsp3) is 0.929. The highest BCUT2D eigenvalue weighted by atomic mass is 35.5. The third kappa shape index (κ3) is 4.83. The lowest BCUT2D eigenvalue weighted by Gasteiger charge is -2.34. The number of hydrogen-bond donors (Lipinski definition) is 1. The fourth-order valence-corrected chi connectivity index (χ4v) is 3.04. The topological polar surface area (TPSA) is 29.1 Å². The molecule has 2 nitrogen and oxygen atoms in total. The number of carbonyl (C=O) groups is 1. The molecule has 0 aromatic carbocycles. The van der Waals surface area contributed by atoms with Crippen LogP contribution in [0.25, 0.3) is 0 Å². The molecule has 1 N–H and O–H groups in total. The lowest BCUT2D eigenvalue weighted by molar-refractivity contribution is -0.184. The van der Waals surface area contributed by atoms with Gasteiger partial charge in [-0.3, -0.25) is 4.79 Å². The standard InChI is InChI=1S/C14H23ClF3NO/c1-3-13(2,8-9-15)19-12(20)10-4-6-11(7-5-10)14(16,17)18/h10-11H,3-9H2,1-2H3,(H,19,20). The van der Waals surface area contributed by atoms with Crippen molar-refractivity contribution < 1.29 is 18.0 Å². The Labute approximate surface area is 123 Å². The molecule has 0 radical (unpaired) electrons. The third-order valence-corrected chi connectivity index (χ3v) is 4.60. The molecule has 1 unspecified atom stereocenters. The first-order valence-electron chi connectivity index (χ1n) is 7.16. The molecular weight excluding hydrogens is 291 g/mol. The van der Waals surface area contributed by atoms with Crippen LogP contribution in [-0.4, -0.2) is 23.5 Å². The number of hydrogen-bond acceptors (Lipinski definition) is 1. The minimum atomic E-state index is -4.13. The minimum absolute atomic E-state index is 0.0555. The second kappa shape index (κ2) is 7.01. The summed E-state index contributed by atoms with van der Waals surface area (Å²) in [4.78, 5) is 12.2. The highest BCUT2D eigenvalue weighted by Crippen LogP contribution is 2.39. The Morgan fingerprint density at radius 1 is 1.25 bits per heavy atom. The maximum absolute atomic E-state index is 12.6.